The van der Waals surface area contributed by atoms with Gasteiger partial charge in [-0.3, -0.25) is 4.79 Å². The number of ketones is 1. The molecule has 0 atom stereocenters. The first-order valence-corrected chi connectivity index (χ1v) is 6.57. The van der Waals surface area contributed by atoms with E-state index in [1.165, 1.54) is 0 Å². The molecule has 2 aromatic carbocycles. The maximum absolute atomic E-state index is 11.6. The van der Waals surface area contributed by atoms with Crippen LogP contribution in [0.5, 0.6) is 0 Å². The minimum absolute atomic E-state index is 0.125. The summed E-state index contributed by atoms with van der Waals surface area (Å²) < 4.78 is 0. The number of hydrogen-bond acceptors (Lipinski definition) is 3. The Balaban J connectivity index is 1.91. The summed E-state index contributed by atoms with van der Waals surface area (Å²) in [5.74, 6) is -0.359. The summed E-state index contributed by atoms with van der Waals surface area (Å²) in [6, 6.07) is 18.2. The molecule has 2 aromatic rings. The van der Waals surface area contributed by atoms with Crippen LogP contribution in [0.15, 0.2) is 66.4 Å². The van der Waals surface area contributed by atoms with Crippen molar-refractivity contribution in [3.05, 3.63) is 66.4 Å². The maximum atomic E-state index is 11.6. The molecule has 0 fully saturated rings. The zero-order valence-electron chi connectivity index (χ0n) is 11.0. The van der Waals surface area contributed by atoms with Crippen LogP contribution in [0.1, 0.15) is 0 Å². The van der Waals surface area contributed by atoms with Gasteiger partial charge in [-0.15, -0.1) is 0 Å². The van der Waals surface area contributed by atoms with Crippen LogP contribution >= 0.6 is 0 Å². The van der Waals surface area contributed by atoms with Crippen LogP contribution < -0.4 is 4.90 Å². The van der Waals surface area contributed by atoms with Crippen molar-refractivity contribution in [3.8, 4) is 11.1 Å². The van der Waals surface area contributed by atoms with Gasteiger partial charge in [0, 0.05) is 12.2 Å². The van der Waals surface area contributed by atoms with E-state index in [0.29, 0.717) is 6.54 Å². The highest BCUT2D eigenvalue weighted by atomic mass is 16.3. The van der Waals surface area contributed by atoms with Gasteiger partial charge in [0.15, 0.2) is 5.76 Å². The molecule has 0 amide bonds. The minimum atomic E-state index is -0.235. The Morgan fingerprint density at radius 1 is 0.950 bits per heavy atom. The Kier molecular flexibility index (Phi) is 3.25. The lowest BCUT2D eigenvalue weighted by molar-refractivity contribution is -0.117. The maximum Gasteiger partial charge on any atom is 0.216 e. The molecular formula is C17H15NO2. The molecule has 1 N–H and O–H groups in total. The van der Waals surface area contributed by atoms with Crippen molar-refractivity contribution in [1.82, 2.24) is 0 Å². The predicted molar refractivity (Wildman–Crippen MR) is 79.8 cm³/mol. The van der Waals surface area contributed by atoms with E-state index >= 15 is 0 Å². The van der Waals surface area contributed by atoms with Gasteiger partial charge in [0.05, 0.1) is 6.54 Å². The SMILES string of the molecule is O=C1CN(c2cccc(-c3ccccc3)c2)CC=C1O. The Morgan fingerprint density at radius 3 is 2.45 bits per heavy atom. The molecular weight excluding hydrogens is 250 g/mol. The van der Waals surface area contributed by atoms with Gasteiger partial charge in [-0.1, -0.05) is 42.5 Å². The fourth-order valence-electron chi connectivity index (χ4n) is 2.34. The van der Waals surface area contributed by atoms with Gasteiger partial charge >= 0.3 is 0 Å². The second kappa shape index (κ2) is 5.21. The van der Waals surface area contributed by atoms with Gasteiger partial charge in [0.25, 0.3) is 0 Å². The van der Waals surface area contributed by atoms with Gasteiger partial charge in [-0.25, -0.2) is 0 Å². The molecule has 1 aliphatic rings. The standard InChI is InChI=1S/C17H15NO2/c19-16-9-10-18(12-17(16)20)15-8-4-7-14(11-15)13-5-2-1-3-6-13/h1-9,11,19H,10,12H2. The molecule has 0 aromatic heterocycles. The van der Waals surface area contributed by atoms with Crippen molar-refractivity contribution in [2.45, 2.75) is 0 Å². The molecule has 0 saturated carbocycles. The Bertz CT molecular complexity index is 662. The highest BCUT2D eigenvalue weighted by molar-refractivity contribution is 5.97. The number of anilines is 1. The van der Waals surface area contributed by atoms with E-state index in [1.807, 2.05) is 35.2 Å². The van der Waals surface area contributed by atoms with E-state index in [9.17, 15) is 9.90 Å². The van der Waals surface area contributed by atoms with Crippen molar-refractivity contribution in [1.29, 1.82) is 0 Å². The van der Waals surface area contributed by atoms with Crippen molar-refractivity contribution >= 4 is 11.5 Å². The molecule has 0 bridgehead atoms. The largest absolute Gasteiger partial charge is 0.505 e. The zero-order chi connectivity index (χ0) is 13.9. The van der Waals surface area contributed by atoms with Crippen molar-refractivity contribution in [3.63, 3.8) is 0 Å². The fourth-order valence-corrected chi connectivity index (χ4v) is 2.34. The molecule has 1 heterocycles. The Hall–Kier alpha value is -2.55. The Labute approximate surface area is 117 Å². The lowest BCUT2D eigenvalue weighted by Gasteiger charge is -2.26. The van der Waals surface area contributed by atoms with E-state index < -0.39 is 0 Å². The van der Waals surface area contributed by atoms with E-state index in [0.717, 1.165) is 16.8 Å². The summed E-state index contributed by atoms with van der Waals surface area (Å²) in [6.45, 7) is 0.774. The van der Waals surface area contributed by atoms with E-state index in [4.69, 9.17) is 0 Å². The lowest BCUT2D eigenvalue weighted by Crippen LogP contribution is -2.34. The average Bonchev–Trinajstić information content (AvgIpc) is 2.51. The normalized spacial score (nSPS) is 15.1. The second-order valence-electron chi connectivity index (χ2n) is 4.81. The predicted octanol–water partition coefficient (Wildman–Crippen LogP) is 3.18. The molecule has 3 nitrogen and oxygen atoms in total. The first-order valence-electron chi connectivity index (χ1n) is 6.57. The van der Waals surface area contributed by atoms with Crippen LogP contribution in [0.3, 0.4) is 0 Å². The summed E-state index contributed by atoms with van der Waals surface area (Å²) in [5.41, 5.74) is 3.26. The molecule has 0 aliphatic carbocycles. The van der Waals surface area contributed by atoms with Crippen LogP contribution in [-0.4, -0.2) is 24.0 Å². The molecule has 3 heteroatoms. The van der Waals surface area contributed by atoms with Gasteiger partial charge in [0.1, 0.15) is 0 Å². The van der Waals surface area contributed by atoms with Crippen LogP contribution in [-0.2, 0) is 4.79 Å². The van der Waals surface area contributed by atoms with E-state index in [-0.39, 0.29) is 18.1 Å². The van der Waals surface area contributed by atoms with Gasteiger partial charge in [-0.2, -0.15) is 0 Å². The minimum Gasteiger partial charge on any atom is -0.505 e. The molecule has 0 saturated heterocycles. The van der Waals surface area contributed by atoms with Crippen molar-refractivity contribution in [2.75, 3.05) is 18.0 Å². The lowest BCUT2D eigenvalue weighted by atomic mass is 10.0. The van der Waals surface area contributed by atoms with Gasteiger partial charge < -0.3 is 10.0 Å². The van der Waals surface area contributed by atoms with Crippen LogP contribution in [0.25, 0.3) is 11.1 Å². The third kappa shape index (κ3) is 2.43. The average molecular weight is 265 g/mol. The number of carbonyl (C=O) groups is 1. The summed E-state index contributed by atoms with van der Waals surface area (Å²) >= 11 is 0. The molecule has 0 unspecified atom stereocenters. The quantitative estimate of drug-likeness (QED) is 0.906. The number of aliphatic hydroxyl groups is 1. The molecule has 0 spiro atoms. The van der Waals surface area contributed by atoms with Gasteiger partial charge in [-0.05, 0) is 29.3 Å². The molecule has 0 radical (unpaired) electrons. The molecule has 20 heavy (non-hydrogen) atoms. The summed E-state index contributed by atoms with van der Waals surface area (Å²) in [6.07, 6.45) is 1.56. The smallest absolute Gasteiger partial charge is 0.216 e. The molecule has 3 rings (SSSR count). The summed E-state index contributed by atoms with van der Waals surface area (Å²) in [7, 11) is 0. The topological polar surface area (TPSA) is 40.5 Å². The Morgan fingerprint density at radius 2 is 1.70 bits per heavy atom. The van der Waals surface area contributed by atoms with Crippen molar-refractivity contribution in [2.24, 2.45) is 0 Å². The third-order valence-electron chi connectivity index (χ3n) is 3.44. The molecule has 1 aliphatic heterocycles. The van der Waals surface area contributed by atoms with E-state index in [1.54, 1.807) is 6.08 Å². The number of nitrogens with zero attached hydrogens (tertiary/aromatic N) is 1. The fraction of sp³-hybridized carbons (Fsp3) is 0.118. The summed E-state index contributed by atoms with van der Waals surface area (Å²) in [5, 5.41) is 9.36. The first kappa shape index (κ1) is 12.5. The van der Waals surface area contributed by atoms with Gasteiger partial charge in [0.2, 0.25) is 5.78 Å². The third-order valence-corrected chi connectivity index (χ3v) is 3.44. The molecule has 100 valence electrons. The zero-order valence-corrected chi connectivity index (χ0v) is 11.0. The van der Waals surface area contributed by atoms with Crippen LogP contribution in [0.4, 0.5) is 5.69 Å². The second-order valence-corrected chi connectivity index (χ2v) is 4.81. The first-order chi connectivity index (χ1) is 9.74. The number of carbonyl (C=O) groups excluding carboxylic acids is 1. The monoisotopic (exact) mass is 265 g/mol. The van der Waals surface area contributed by atoms with Crippen molar-refractivity contribution < 1.29 is 9.90 Å². The number of Topliss-reactive ketones (excluding diaryl/α,β-unsaturated/α-hetero) is 1. The highest BCUT2D eigenvalue weighted by Gasteiger charge is 2.19. The number of rotatable bonds is 2. The van der Waals surface area contributed by atoms with Crippen LogP contribution in [0.2, 0.25) is 0 Å². The number of benzene rings is 2. The van der Waals surface area contributed by atoms with E-state index in [2.05, 4.69) is 24.3 Å². The number of aliphatic hydroxyl groups excluding tert-OH is 1. The highest BCUT2D eigenvalue weighted by Crippen LogP contribution is 2.25. The van der Waals surface area contributed by atoms with Crippen LogP contribution in [0, 0.1) is 0 Å². The summed E-state index contributed by atoms with van der Waals surface area (Å²) in [4.78, 5) is 13.5. The number of hydrogen-bond donors (Lipinski definition) is 1.